The molecule has 1 aromatic heterocycles. The Morgan fingerprint density at radius 2 is 2.33 bits per heavy atom. The minimum atomic E-state index is -0.986. The van der Waals surface area contributed by atoms with Gasteiger partial charge in [-0.2, -0.15) is 5.10 Å². The van der Waals surface area contributed by atoms with E-state index in [0.29, 0.717) is 6.54 Å². The van der Waals surface area contributed by atoms with Crippen LogP contribution in [0.2, 0.25) is 0 Å². The molecule has 2 N–H and O–H groups in total. The monoisotopic (exact) mass is 211 g/mol. The first-order chi connectivity index (χ1) is 7.06. The van der Waals surface area contributed by atoms with Crippen molar-refractivity contribution >= 4 is 11.9 Å². The lowest BCUT2D eigenvalue weighted by molar-refractivity contribution is -0.140. The summed E-state index contributed by atoms with van der Waals surface area (Å²) in [7, 11) is 0. The van der Waals surface area contributed by atoms with E-state index in [4.69, 9.17) is 5.11 Å². The highest BCUT2D eigenvalue weighted by molar-refractivity contribution is 5.92. The number of carbonyl (C=O) groups is 2. The first kappa shape index (κ1) is 11.2. The third kappa shape index (κ3) is 2.55. The van der Waals surface area contributed by atoms with E-state index < -0.39 is 12.0 Å². The summed E-state index contributed by atoms with van der Waals surface area (Å²) in [5.74, 6) is -1.28. The molecule has 6 nitrogen and oxygen atoms in total. The number of carbonyl (C=O) groups excluding carboxylic acids is 1. The Hall–Kier alpha value is -1.85. The van der Waals surface area contributed by atoms with E-state index in [-0.39, 0.29) is 11.6 Å². The molecule has 1 atom stereocenters. The van der Waals surface area contributed by atoms with Gasteiger partial charge in [-0.25, -0.2) is 4.79 Å². The van der Waals surface area contributed by atoms with Gasteiger partial charge in [-0.15, -0.1) is 0 Å². The zero-order valence-electron chi connectivity index (χ0n) is 8.60. The Morgan fingerprint density at radius 1 is 1.67 bits per heavy atom. The fraction of sp³-hybridized carbons (Fsp3) is 0.444. The van der Waals surface area contributed by atoms with Crippen LogP contribution in [-0.4, -0.2) is 33.3 Å². The van der Waals surface area contributed by atoms with E-state index in [1.54, 1.807) is 6.92 Å². The summed E-state index contributed by atoms with van der Waals surface area (Å²) >= 11 is 0. The molecule has 1 unspecified atom stereocenters. The number of nitrogens with one attached hydrogen (secondary N) is 1. The van der Waals surface area contributed by atoms with Crippen LogP contribution in [0.25, 0.3) is 0 Å². The molecular weight excluding hydrogens is 198 g/mol. The first-order valence-corrected chi connectivity index (χ1v) is 4.62. The summed E-state index contributed by atoms with van der Waals surface area (Å²) in [6, 6.07) is 0.720. The molecule has 1 heterocycles. The second-order valence-electron chi connectivity index (χ2n) is 3.05. The fourth-order valence-corrected chi connectivity index (χ4v) is 1.04. The number of hydrogen-bond donors (Lipinski definition) is 2. The number of hydrogen-bond acceptors (Lipinski definition) is 3. The van der Waals surface area contributed by atoms with Crippen molar-refractivity contribution in [2.75, 3.05) is 6.54 Å². The van der Waals surface area contributed by atoms with Crippen LogP contribution in [0.5, 0.6) is 0 Å². The molecule has 0 radical (unpaired) electrons. The van der Waals surface area contributed by atoms with Crippen molar-refractivity contribution in [3.63, 3.8) is 0 Å². The van der Waals surface area contributed by atoms with Gasteiger partial charge in [0.2, 0.25) is 0 Å². The maximum atomic E-state index is 11.3. The van der Waals surface area contributed by atoms with Crippen molar-refractivity contribution in [3.05, 3.63) is 18.0 Å². The highest BCUT2D eigenvalue weighted by Gasteiger charge is 2.16. The molecular formula is C9H13N3O3. The van der Waals surface area contributed by atoms with Crippen LogP contribution in [0.1, 0.15) is 30.4 Å². The Morgan fingerprint density at radius 3 is 2.87 bits per heavy atom. The Kier molecular flexibility index (Phi) is 3.43. The van der Waals surface area contributed by atoms with Gasteiger partial charge in [0.05, 0.1) is 0 Å². The molecule has 1 rings (SSSR count). The van der Waals surface area contributed by atoms with Crippen LogP contribution in [-0.2, 0) is 4.79 Å². The van der Waals surface area contributed by atoms with E-state index in [0.717, 1.165) is 0 Å². The second kappa shape index (κ2) is 4.59. The lowest BCUT2D eigenvalue weighted by Gasteiger charge is -2.05. The minimum Gasteiger partial charge on any atom is -0.480 e. The topological polar surface area (TPSA) is 84.2 Å². The predicted molar refractivity (Wildman–Crippen MR) is 52.6 cm³/mol. The summed E-state index contributed by atoms with van der Waals surface area (Å²) in [5, 5.41) is 15.2. The number of aliphatic carboxylic acids is 1. The van der Waals surface area contributed by atoms with Crippen molar-refractivity contribution in [1.82, 2.24) is 15.1 Å². The third-order valence-electron chi connectivity index (χ3n) is 1.93. The van der Waals surface area contributed by atoms with Crippen LogP contribution in [0.15, 0.2) is 12.3 Å². The highest BCUT2D eigenvalue weighted by Crippen LogP contribution is 2.05. The average Bonchev–Trinajstić information content (AvgIpc) is 2.65. The van der Waals surface area contributed by atoms with E-state index in [2.05, 4.69) is 10.4 Å². The van der Waals surface area contributed by atoms with Gasteiger partial charge in [0, 0.05) is 12.7 Å². The lowest BCUT2D eigenvalue weighted by atomic mass is 10.3. The maximum Gasteiger partial charge on any atom is 0.328 e. The predicted octanol–water partition coefficient (Wildman–Crippen LogP) is 0.278. The van der Waals surface area contributed by atoms with Crippen LogP contribution in [0, 0.1) is 0 Å². The number of aromatic nitrogens is 2. The van der Waals surface area contributed by atoms with Gasteiger partial charge in [-0.3, -0.25) is 9.48 Å². The van der Waals surface area contributed by atoms with Gasteiger partial charge in [-0.05, 0) is 19.9 Å². The summed E-state index contributed by atoms with van der Waals surface area (Å²) in [4.78, 5) is 22.0. The lowest BCUT2D eigenvalue weighted by Crippen LogP contribution is -2.24. The minimum absolute atomic E-state index is 0.227. The molecule has 0 aliphatic heterocycles. The van der Waals surface area contributed by atoms with Crippen LogP contribution in [0.3, 0.4) is 0 Å². The molecule has 0 spiro atoms. The normalized spacial score (nSPS) is 12.1. The SMILES string of the molecule is CCNC(=O)c1ccn(C(C)C(=O)O)n1. The Balaban J connectivity index is 2.80. The summed E-state index contributed by atoms with van der Waals surface area (Å²) in [5.41, 5.74) is 0.227. The van der Waals surface area contributed by atoms with Gasteiger partial charge in [-0.1, -0.05) is 0 Å². The van der Waals surface area contributed by atoms with Gasteiger partial charge < -0.3 is 10.4 Å². The summed E-state index contributed by atoms with van der Waals surface area (Å²) in [6.07, 6.45) is 1.48. The largest absolute Gasteiger partial charge is 0.480 e. The van der Waals surface area contributed by atoms with Crippen LogP contribution < -0.4 is 5.32 Å². The molecule has 15 heavy (non-hydrogen) atoms. The Labute approximate surface area is 86.9 Å². The van der Waals surface area contributed by atoms with E-state index in [9.17, 15) is 9.59 Å². The average molecular weight is 211 g/mol. The van der Waals surface area contributed by atoms with E-state index in [1.807, 2.05) is 0 Å². The highest BCUT2D eigenvalue weighted by atomic mass is 16.4. The number of rotatable bonds is 4. The Bertz CT molecular complexity index is 372. The molecule has 0 saturated carbocycles. The summed E-state index contributed by atoms with van der Waals surface area (Å²) in [6.45, 7) is 3.81. The second-order valence-corrected chi connectivity index (χ2v) is 3.05. The molecule has 6 heteroatoms. The molecule has 1 amide bonds. The number of amides is 1. The fourth-order valence-electron chi connectivity index (χ4n) is 1.04. The van der Waals surface area contributed by atoms with Gasteiger partial charge >= 0.3 is 5.97 Å². The number of nitrogens with zero attached hydrogens (tertiary/aromatic N) is 2. The van der Waals surface area contributed by atoms with E-state index >= 15 is 0 Å². The maximum absolute atomic E-state index is 11.3. The smallest absolute Gasteiger partial charge is 0.328 e. The van der Waals surface area contributed by atoms with Crippen molar-refractivity contribution in [2.24, 2.45) is 0 Å². The number of carboxylic acids is 1. The molecule has 0 aromatic carbocycles. The third-order valence-corrected chi connectivity index (χ3v) is 1.93. The molecule has 0 saturated heterocycles. The van der Waals surface area contributed by atoms with Crippen molar-refractivity contribution in [3.8, 4) is 0 Å². The van der Waals surface area contributed by atoms with Crippen LogP contribution >= 0.6 is 0 Å². The van der Waals surface area contributed by atoms with Gasteiger partial charge in [0.1, 0.15) is 11.7 Å². The standard InChI is InChI=1S/C9H13N3O3/c1-3-10-8(13)7-4-5-12(11-7)6(2)9(14)15/h4-6H,3H2,1-2H3,(H,10,13)(H,14,15). The molecule has 1 aromatic rings. The molecule has 0 fully saturated rings. The van der Waals surface area contributed by atoms with Crippen molar-refractivity contribution < 1.29 is 14.7 Å². The molecule has 82 valence electrons. The van der Waals surface area contributed by atoms with E-state index in [1.165, 1.54) is 23.9 Å². The van der Waals surface area contributed by atoms with Crippen molar-refractivity contribution in [2.45, 2.75) is 19.9 Å². The van der Waals surface area contributed by atoms with Crippen molar-refractivity contribution in [1.29, 1.82) is 0 Å². The quantitative estimate of drug-likeness (QED) is 0.749. The zero-order valence-corrected chi connectivity index (χ0v) is 8.60. The molecule has 0 aliphatic carbocycles. The van der Waals surface area contributed by atoms with Gasteiger partial charge in [0.15, 0.2) is 0 Å². The molecule has 0 aliphatic rings. The first-order valence-electron chi connectivity index (χ1n) is 4.62. The molecule has 0 bridgehead atoms. The number of carboxylic acid groups (broad SMARTS) is 1. The summed E-state index contributed by atoms with van der Waals surface area (Å²) < 4.78 is 1.24. The van der Waals surface area contributed by atoms with Crippen LogP contribution in [0.4, 0.5) is 0 Å². The zero-order chi connectivity index (χ0) is 11.4. The van der Waals surface area contributed by atoms with Gasteiger partial charge in [0.25, 0.3) is 5.91 Å².